The molecule has 1 saturated heterocycles. The van der Waals surface area contributed by atoms with E-state index in [-0.39, 0.29) is 6.42 Å². The number of carbonyl (C=O) groups excluding carboxylic acids is 1. The summed E-state index contributed by atoms with van der Waals surface area (Å²) in [5.74, 6) is -1.53. The summed E-state index contributed by atoms with van der Waals surface area (Å²) in [6.45, 7) is 0. The second-order valence-electron chi connectivity index (χ2n) is 4.89. The molecule has 1 aromatic carbocycles. The van der Waals surface area contributed by atoms with Crippen molar-refractivity contribution in [2.24, 2.45) is 0 Å². The number of hydrogen-bond donors (Lipinski definition) is 4. The van der Waals surface area contributed by atoms with Crippen LogP contribution in [0.25, 0.3) is 0 Å². The summed E-state index contributed by atoms with van der Waals surface area (Å²) in [7, 11) is -1.20. The minimum Gasteiger partial charge on any atom is -0.481 e. The van der Waals surface area contributed by atoms with Crippen LogP contribution in [0.3, 0.4) is 0 Å². The van der Waals surface area contributed by atoms with Crippen molar-refractivity contribution < 1.29 is 24.4 Å². The smallest absolute Gasteiger partial charge is 0.478 e. The second kappa shape index (κ2) is 7.10. The molecule has 2 atom stereocenters. The predicted octanol–water partition coefficient (Wildman–Crippen LogP) is 0.850. The number of carboxylic acid groups (broad SMARTS) is 1. The number of aliphatic carboxylic acids is 1. The number of urea groups is 1. The molecule has 1 heterocycles. The van der Waals surface area contributed by atoms with Crippen molar-refractivity contribution in [1.82, 2.24) is 5.32 Å². The molecule has 7 nitrogen and oxygen atoms in total. The lowest BCUT2D eigenvalue weighted by Crippen LogP contribution is -2.53. The SMILES string of the molecule is O=C(O)CC1CCC(NC(=O)Nc2ccccc2)B(O)O1. The Kier molecular flexibility index (Phi) is 5.18. The van der Waals surface area contributed by atoms with Crippen LogP contribution in [-0.2, 0) is 9.45 Å². The van der Waals surface area contributed by atoms with Gasteiger partial charge in [-0.2, -0.15) is 0 Å². The van der Waals surface area contributed by atoms with Crippen molar-refractivity contribution >= 4 is 24.8 Å². The summed E-state index contributed by atoms with van der Waals surface area (Å²) in [4.78, 5) is 22.4. The van der Waals surface area contributed by atoms with E-state index in [2.05, 4.69) is 10.6 Å². The van der Waals surface area contributed by atoms with E-state index in [1.165, 1.54) is 0 Å². The summed E-state index contributed by atoms with van der Waals surface area (Å²) in [5.41, 5.74) is 0.643. The first-order valence-corrected chi connectivity index (χ1v) is 6.72. The number of rotatable bonds is 4. The average molecular weight is 292 g/mol. The van der Waals surface area contributed by atoms with Gasteiger partial charge in [-0.15, -0.1) is 0 Å². The lowest BCUT2D eigenvalue weighted by atomic mass is 9.72. The Balaban J connectivity index is 1.81. The Morgan fingerprint density at radius 2 is 2.00 bits per heavy atom. The zero-order chi connectivity index (χ0) is 15.2. The number of carbonyl (C=O) groups is 2. The highest BCUT2D eigenvalue weighted by atomic mass is 16.5. The summed E-state index contributed by atoms with van der Waals surface area (Å²) in [6.07, 6.45) is 0.258. The van der Waals surface area contributed by atoms with E-state index in [0.717, 1.165) is 0 Å². The Morgan fingerprint density at radius 3 is 2.62 bits per heavy atom. The van der Waals surface area contributed by atoms with Gasteiger partial charge < -0.3 is 25.4 Å². The largest absolute Gasteiger partial charge is 0.481 e. The van der Waals surface area contributed by atoms with Crippen LogP contribution < -0.4 is 10.6 Å². The molecule has 8 heteroatoms. The highest BCUT2D eigenvalue weighted by Gasteiger charge is 2.36. The van der Waals surface area contributed by atoms with E-state index >= 15 is 0 Å². The van der Waals surface area contributed by atoms with Gasteiger partial charge in [-0.1, -0.05) is 18.2 Å². The fraction of sp³-hybridized carbons (Fsp3) is 0.385. The number of carboxylic acids is 1. The fourth-order valence-corrected chi connectivity index (χ4v) is 2.21. The monoisotopic (exact) mass is 292 g/mol. The highest BCUT2D eigenvalue weighted by Crippen LogP contribution is 2.18. The van der Waals surface area contributed by atoms with Gasteiger partial charge in [-0.25, -0.2) is 4.79 Å². The molecule has 1 aliphatic heterocycles. The van der Waals surface area contributed by atoms with Crippen molar-refractivity contribution in [2.75, 3.05) is 5.32 Å². The Labute approximate surface area is 122 Å². The number of hydrogen-bond acceptors (Lipinski definition) is 4. The zero-order valence-corrected chi connectivity index (χ0v) is 11.4. The van der Waals surface area contributed by atoms with Crippen LogP contribution in [0.4, 0.5) is 10.5 Å². The second-order valence-corrected chi connectivity index (χ2v) is 4.89. The molecule has 21 heavy (non-hydrogen) atoms. The Morgan fingerprint density at radius 1 is 1.29 bits per heavy atom. The van der Waals surface area contributed by atoms with E-state index in [0.29, 0.717) is 18.5 Å². The lowest BCUT2D eigenvalue weighted by molar-refractivity contribution is -0.139. The maximum atomic E-state index is 11.8. The third-order valence-electron chi connectivity index (χ3n) is 3.23. The van der Waals surface area contributed by atoms with E-state index < -0.39 is 31.2 Å². The van der Waals surface area contributed by atoms with Crippen molar-refractivity contribution in [1.29, 1.82) is 0 Å². The first-order chi connectivity index (χ1) is 10.0. The molecule has 4 N–H and O–H groups in total. The summed E-state index contributed by atoms with van der Waals surface area (Å²) in [5, 5.41) is 23.8. The molecule has 0 radical (unpaired) electrons. The Bertz CT molecular complexity index is 499. The van der Waals surface area contributed by atoms with Gasteiger partial charge in [0.15, 0.2) is 0 Å². The summed E-state index contributed by atoms with van der Waals surface area (Å²) >= 11 is 0. The van der Waals surface area contributed by atoms with Gasteiger partial charge in [0.05, 0.1) is 18.5 Å². The third-order valence-corrected chi connectivity index (χ3v) is 3.23. The average Bonchev–Trinajstić information content (AvgIpc) is 2.42. The summed E-state index contributed by atoms with van der Waals surface area (Å²) in [6, 6.07) is 8.48. The molecule has 0 aliphatic carbocycles. The number of benzene rings is 1. The standard InChI is InChI=1S/C13H17BN2O5/c17-12(18)8-10-6-7-11(14(20)21-10)16-13(19)15-9-4-2-1-3-5-9/h1-5,10-11,20H,6-8H2,(H,17,18)(H2,15,16,19). The number of amides is 2. The molecule has 2 rings (SSSR count). The molecule has 0 spiro atoms. The van der Waals surface area contributed by atoms with Crippen molar-refractivity contribution in [2.45, 2.75) is 31.3 Å². The molecular formula is C13H17BN2O5. The zero-order valence-electron chi connectivity index (χ0n) is 11.4. The van der Waals surface area contributed by atoms with Crippen LogP contribution in [0.1, 0.15) is 19.3 Å². The molecule has 2 unspecified atom stereocenters. The van der Waals surface area contributed by atoms with Crippen LogP contribution in [0.5, 0.6) is 0 Å². The van der Waals surface area contributed by atoms with Crippen molar-refractivity contribution in [3.8, 4) is 0 Å². The van der Waals surface area contributed by atoms with Crippen molar-refractivity contribution in [3.05, 3.63) is 30.3 Å². The lowest BCUT2D eigenvalue weighted by Gasteiger charge is -2.30. The van der Waals surface area contributed by atoms with Gasteiger partial charge in [0.25, 0.3) is 0 Å². The normalized spacial score (nSPS) is 21.7. The molecule has 0 aromatic heterocycles. The van der Waals surface area contributed by atoms with E-state index in [1.807, 2.05) is 6.07 Å². The van der Waals surface area contributed by atoms with Crippen LogP contribution in [0, 0.1) is 0 Å². The molecule has 0 bridgehead atoms. The van der Waals surface area contributed by atoms with E-state index in [4.69, 9.17) is 9.76 Å². The Hall–Kier alpha value is -2.06. The van der Waals surface area contributed by atoms with Crippen LogP contribution >= 0.6 is 0 Å². The molecule has 112 valence electrons. The topological polar surface area (TPSA) is 108 Å². The van der Waals surface area contributed by atoms with Crippen LogP contribution in [-0.4, -0.2) is 41.3 Å². The van der Waals surface area contributed by atoms with E-state index in [1.54, 1.807) is 24.3 Å². The number of para-hydroxylation sites is 1. The van der Waals surface area contributed by atoms with Gasteiger partial charge in [-0.3, -0.25) is 4.79 Å². The minimum atomic E-state index is -1.20. The quantitative estimate of drug-likeness (QED) is 0.615. The first kappa shape index (κ1) is 15.3. The van der Waals surface area contributed by atoms with Crippen molar-refractivity contribution in [3.63, 3.8) is 0 Å². The molecule has 1 fully saturated rings. The molecule has 1 aromatic rings. The van der Waals surface area contributed by atoms with Gasteiger partial charge in [0, 0.05) is 5.69 Å². The molecular weight excluding hydrogens is 275 g/mol. The molecule has 2 amide bonds. The van der Waals surface area contributed by atoms with Gasteiger partial charge >= 0.3 is 19.1 Å². The highest BCUT2D eigenvalue weighted by molar-refractivity contribution is 6.45. The predicted molar refractivity (Wildman–Crippen MR) is 76.7 cm³/mol. The molecule has 1 aliphatic rings. The number of nitrogens with one attached hydrogen (secondary N) is 2. The third kappa shape index (κ3) is 4.76. The first-order valence-electron chi connectivity index (χ1n) is 6.72. The van der Waals surface area contributed by atoms with Crippen LogP contribution in [0.15, 0.2) is 30.3 Å². The van der Waals surface area contributed by atoms with Gasteiger partial charge in [0.2, 0.25) is 0 Å². The van der Waals surface area contributed by atoms with Crippen LogP contribution in [0.2, 0.25) is 0 Å². The maximum absolute atomic E-state index is 11.8. The fourth-order valence-electron chi connectivity index (χ4n) is 2.21. The van der Waals surface area contributed by atoms with E-state index in [9.17, 15) is 14.6 Å². The summed E-state index contributed by atoms with van der Waals surface area (Å²) < 4.78 is 5.19. The van der Waals surface area contributed by atoms with Gasteiger partial charge in [0.1, 0.15) is 0 Å². The minimum absolute atomic E-state index is 0.153. The molecule has 0 saturated carbocycles. The maximum Gasteiger partial charge on any atom is 0.478 e. The number of anilines is 1. The van der Waals surface area contributed by atoms with Gasteiger partial charge in [-0.05, 0) is 25.0 Å².